The second-order valence-corrected chi connectivity index (χ2v) is 4.89. The molecule has 3 N–H and O–H groups in total. The van der Waals surface area contributed by atoms with E-state index in [1.807, 2.05) is 0 Å². The Bertz CT molecular complexity index is 379. The maximum Gasteiger partial charge on any atom is 0.332 e. The van der Waals surface area contributed by atoms with Crippen LogP contribution in [0.2, 0.25) is 0 Å². The molecule has 1 heterocycles. The van der Waals surface area contributed by atoms with Crippen LogP contribution < -0.4 is 5.32 Å². The first-order valence-corrected chi connectivity index (χ1v) is 7.06. The van der Waals surface area contributed by atoms with Gasteiger partial charge in [-0.1, -0.05) is 0 Å². The van der Waals surface area contributed by atoms with E-state index in [2.05, 4.69) is 5.32 Å². The zero-order valence-electron chi connectivity index (χ0n) is 12.1. The normalized spacial score (nSPS) is 17.1. The molecule has 1 fully saturated rings. The van der Waals surface area contributed by atoms with E-state index in [1.165, 1.54) is 0 Å². The molecule has 21 heavy (non-hydrogen) atoms. The van der Waals surface area contributed by atoms with Gasteiger partial charge in [-0.2, -0.15) is 0 Å². The van der Waals surface area contributed by atoms with Crippen LogP contribution in [0.4, 0.5) is 4.79 Å². The molecule has 0 saturated carbocycles. The number of rotatable bonds is 6. The summed E-state index contributed by atoms with van der Waals surface area (Å²) in [5.74, 6) is -1.69. The second-order valence-electron chi connectivity index (χ2n) is 4.89. The lowest BCUT2D eigenvalue weighted by atomic mass is 9.97. The number of carboxylic acid groups (broad SMARTS) is 1. The van der Waals surface area contributed by atoms with E-state index in [0.29, 0.717) is 32.5 Å². The number of aliphatic hydroxyl groups is 1. The van der Waals surface area contributed by atoms with Crippen LogP contribution in [0.3, 0.4) is 0 Å². The van der Waals surface area contributed by atoms with Crippen molar-refractivity contribution in [2.45, 2.75) is 32.3 Å². The molecule has 8 heteroatoms. The Morgan fingerprint density at radius 3 is 2.48 bits per heavy atom. The molecule has 1 atom stereocenters. The quantitative estimate of drug-likeness (QED) is 0.585. The van der Waals surface area contributed by atoms with Gasteiger partial charge in [-0.15, -0.1) is 0 Å². The van der Waals surface area contributed by atoms with Crippen LogP contribution in [0, 0.1) is 5.92 Å². The molecule has 1 saturated heterocycles. The number of likely N-dealkylation sites (tertiary alicyclic amines) is 1. The third-order valence-corrected chi connectivity index (χ3v) is 3.38. The van der Waals surface area contributed by atoms with Crippen molar-refractivity contribution < 1.29 is 29.3 Å². The molecule has 0 bridgehead atoms. The van der Waals surface area contributed by atoms with Gasteiger partial charge >= 0.3 is 18.0 Å². The Morgan fingerprint density at radius 1 is 1.33 bits per heavy atom. The van der Waals surface area contributed by atoms with E-state index in [9.17, 15) is 14.4 Å². The van der Waals surface area contributed by atoms with Crippen LogP contribution >= 0.6 is 0 Å². The third kappa shape index (κ3) is 5.58. The molecular weight excluding hydrogens is 280 g/mol. The average Bonchev–Trinajstić information content (AvgIpc) is 2.47. The molecule has 0 radical (unpaired) electrons. The Morgan fingerprint density at radius 2 is 1.95 bits per heavy atom. The SMILES string of the molecule is CCOC(=O)C1CCN(C(=O)NCCC(O)C(=O)O)CC1. The van der Waals surface area contributed by atoms with E-state index in [1.54, 1.807) is 11.8 Å². The average molecular weight is 302 g/mol. The first-order valence-electron chi connectivity index (χ1n) is 7.06. The van der Waals surface area contributed by atoms with Crippen LogP contribution in [-0.4, -0.2) is 65.4 Å². The van der Waals surface area contributed by atoms with Gasteiger partial charge in [-0.25, -0.2) is 9.59 Å². The number of nitrogens with zero attached hydrogens (tertiary/aromatic N) is 1. The fourth-order valence-corrected chi connectivity index (χ4v) is 2.13. The maximum atomic E-state index is 11.8. The highest BCUT2D eigenvalue weighted by Crippen LogP contribution is 2.18. The number of aliphatic hydroxyl groups excluding tert-OH is 1. The Kier molecular flexibility index (Phi) is 6.93. The summed E-state index contributed by atoms with van der Waals surface area (Å²) in [6.07, 6.45) is -0.395. The Labute approximate surface area is 123 Å². The van der Waals surface area contributed by atoms with Crippen LogP contribution in [0.1, 0.15) is 26.2 Å². The maximum absolute atomic E-state index is 11.8. The number of hydrogen-bond donors (Lipinski definition) is 3. The van der Waals surface area contributed by atoms with Crippen molar-refractivity contribution in [3.05, 3.63) is 0 Å². The molecule has 0 spiro atoms. The van der Waals surface area contributed by atoms with Crippen molar-refractivity contribution in [2.75, 3.05) is 26.2 Å². The molecule has 1 aliphatic heterocycles. The topological polar surface area (TPSA) is 116 Å². The number of nitrogens with one attached hydrogen (secondary N) is 1. The molecule has 1 unspecified atom stereocenters. The van der Waals surface area contributed by atoms with Gasteiger partial charge in [0, 0.05) is 26.1 Å². The number of piperidine rings is 1. The van der Waals surface area contributed by atoms with E-state index < -0.39 is 12.1 Å². The number of urea groups is 1. The third-order valence-electron chi connectivity index (χ3n) is 3.38. The van der Waals surface area contributed by atoms with Gasteiger partial charge in [-0.05, 0) is 19.8 Å². The van der Waals surface area contributed by atoms with E-state index >= 15 is 0 Å². The first kappa shape index (κ1) is 17.2. The minimum atomic E-state index is -1.47. The van der Waals surface area contributed by atoms with Gasteiger partial charge in [0.25, 0.3) is 0 Å². The summed E-state index contributed by atoms with van der Waals surface area (Å²) >= 11 is 0. The van der Waals surface area contributed by atoms with Gasteiger partial charge in [0.2, 0.25) is 0 Å². The van der Waals surface area contributed by atoms with Gasteiger partial charge < -0.3 is 25.2 Å². The zero-order valence-corrected chi connectivity index (χ0v) is 12.1. The molecule has 2 amide bonds. The highest BCUT2D eigenvalue weighted by Gasteiger charge is 2.28. The monoisotopic (exact) mass is 302 g/mol. The standard InChI is InChI=1S/C13H22N2O6/c1-2-21-12(19)9-4-7-15(8-5-9)13(20)14-6-3-10(16)11(17)18/h9-10,16H,2-8H2,1H3,(H,14,20)(H,17,18). The number of carbonyl (C=O) groups excluding carboxylic acids is 2. The molecule has 8 nitrogen and oxygen atoms in total. The van der Waals surface area contributed by atoms with Gasteiger partial charge in [-0.3, -0.25) is 4.79 Å². The molecular formula is C13H22N2O6. The van der Waals surface area contributed by atoms with Crippen molar-refractivity contribution in [1.29, 1.82) is 0 Å². The molecule has 0 aliphatic carbocycles. The van der Waals surface area contributed by atoms with Crippen molar-refractivity contribution in [1.82, 2.24) is 10.2 Å². The lowest BCUT2D eigenvalue weighted by molar-refractivity contribution is -0.149. The second kappa shape index (κ2) is 8.46. The lowest BCUT2D eigenvalue weighted by Crippen LogP contribution is -2.46. The smallest absolute Gasteiger partial charge is 0.332 e. The number of esters is 1. The Hall–Kier alpha value is -1.83. The number of carboxylic acids is 1. The summed E-state index contributed by atoms with van der Waals surface area (Å²) in [6, 6.07) is -0.310. The Balaban J connectivity index is 2.26. The van der Waals surface area contributed by atoms with Crippen LogP contribution in [0.5, 0.6) is 0 Å². The van der Waals surface area contributed by atoms with E-state index in [-0.39, 0.29) is 30.9 Å². The highest BCUT2D eigenvalue weighted by atomic mass is 16.5. The van der Waals surface area contributed by atoms with Gasteiger partial charge in [0.05, 0.1) is 12.5 Å². The van der Waals surface area contributed by atoms with Crippen molar-refractivity contribution in [3.8, 4) is 0 Å². The highest BCUT2D eigenvalue weighted by molar-refractivity contribution is 5.76. The van der Waals surface area contributed by atoms with Crippen molar-refractivity contribution in [3.63, 3.8) is 0 Å². The summed E-state index contributed by atoms with van der Waals surface area (Å²) in [4.78, 5) is 35.4. The minimum Gasteiger partial charge on any atom is -0.479 e. The van der Waals surface area contributed by atoms with Crippen LogP contribution in [-0.2, 0) is 14.3 Å². The van der Waals surface area contributed by atoms with Crippen molar-refractivity contribution >= 4 is 18.0 Å². The predicted molar refractivity (Wildman–Crippen MR) is 72.6 cm³/mol. The summed E-state index contributed by atoms with van der Waals surface area (Å²) < 4.78 is 4.95. The molecule has 1 rings (SSSR count). The molecule has 0 aromatic heterocycles. The predicted octanol–water partition coefficient (Wildman–Crippen LogP) is -0.193. The van der Waals surface area contributed by atoms with Crippen molar-refractivity contribution in [2.24, 2.45) is 5.92 Å². The van der Waals surface area contributed by atoms with Crippen LogP contribution in [0.15, 0.2) is 0 Å². The number of aliphatic carboxylic acids is 1. The van der Waals surface area contributed by atoms with Gasteiger partial charge in [0.1, 0.15) is 0 Å². The lowest BCUT2D eigenvalue weighted by Gasteiger charge is -2.30. The first-order chi connectivity index (χ1) is 9.95. The summed E-state index contributed by atoms with van der Waals surface area (Å²) in [7, 11) is 0. The molecule has 0 aromatic rings. The number of carbonyl (C=O) groups is 3. The number of hydrogen-bond acceptors (Lipinski definition) is 5. The molecule has 1 aliphatic rings. The molecule has 120 valence electrons. The zero-order chi connectivity index (χ0) is 15.8. The largest absolute Gasteiger partial charge is 0.479 e. The summed E-state index contributed by atoms with van der Waals surface area (Å²) in [5, 5.41) is 20.1. The van der Waals surface area contributed by atoms with Crippen LogP contribution in [0.25, 0.3) is 0 Å². The van der Waals surface area contributed by atoms with Gasteiger partial charge in [0.15, 0.2) is 6.10 Å². The number of ether oxygens (including phenoxy) is 1. The minimum absolute atomic E-state index is 0.0413. The fourth-order valence-electron chi connectivity index (χ4n) is 2.13. The van der Waals surface area contributed by atoms with E-state index in [4.69, 9.17) is 14.9 Å². The van der Waals surface area contributed by atoms with E-state index in [0.717, 1.165) is 0 Å². The summed E-state index contributed by atoms with van der Waals surface area (Å²) in [6.45, 7) is 3.11. The fraction of sp³-hybridized carbons (Fsp3) is 0.769. The number of amides is 2. The molecule has 0 aromatic carbocycles. The summed E-state index contributed by atoms with van der Waals surface area (Å²) in [5.41, 5.74) is 0.